The standard InChI is InChI=1S/C20H18Cl2N4O3/c21-14-6-5-13(15(22)10-14)11-25-20(29)19(28)24-8-7-23-18(27)17-9-12-3-1-2-4-16(12)26-17/h1-6,9-10,26H,7-8,11H2,(H,23,27)(H,24,28)(H,25,29). The van der Waals surface area contributed by atoms with Gasteiger partial charge < -0.3 is 20.9 Å². The van der Waals surface area contributed by atoms with Gasteiger partial charge in [0.15, 0.2) is 0 Å². The minimum Gasteiger partial charge on any atom is -0.351 e. The van der Waals surface area contributed by atoms with Gasteiger partial charge in [0.1, 0.15) is 5.69 Å². The molecule has 2 aromatic carbocycles. The van der Waals surface area contributed by atoms with Gasteiger partial charge in [-0.15, -0.1) is 0 Å². The lowest BCUT2D eigenvalue weighted by atomic mass is 10.2. The average Bonchev–Trinajstić information content (AvgIpc) is 3.14. The maximum absolute atomic E-state index is 12.2. The summed E-state index contributed by atoms with van der Waals surface area (Å²) in [5, 5.41) is 9.42. The zero-order valence-electron chi connectivity index (χ0n) is 15.2. The quantitative estimate of drug-likeness (QED) is 0.355. The molecule has 29 heavy (non-hydrogen) atoms. The van der Waals surface area contributed by atoms with Gasteiger partial charge in [-0.05, 0) is 29.8 Å². The minimum absolute atomic E-state index is 0.0966. The molecule has 3 rings (SSSR count). The van der Waals surface area contributed by atoms with Gasteiger partial charge in [0.05, 0.1) is 0 Å². The Labute approximate surface area is 176 Å². The van der Waals surface area contributed by atoms with Crippen LogP contribution >= 0.6 is 23.2 Å². The van der Waals surface area contributed by atoms with Gasteiger partial charge in [-0.3, -0.25) is 14.4 Å². The second kappa shape index (κ2) is 9.45. The molecule has 1 heterocycles. The van der Waals surface area contributed by atoms with Crippen molar-refractivity contribution in [1.82, 2.24) is 20.9 Å². The van der Waals surface area contributed by atoms with Gasteiger partial charge in [-0.2, -0.15) is 0 Å². The first-order chi connectivity index (χ1) is 13.9. The van der Waals surface area contributed by atoms with Crippen molar-refractivity contribution in [2.45, 2.75) is 6.54 Å². The van der Waals surface area contributed by atoms with E-state index in [2.05, 4.69) is 20.9 Å². The molecule has 0 aliphatic carbocycles. The van der Waals surface area contributed by atoms with E-state index in [1.165, 1.54) is 0 Å². The van der Waals surface area contributed by atoms with Gasteiger partial charge in [0, 0.05) is 40.6 Å². The van der Waals surface area contributed by atoms with Crippen LogP contribution in [0.5, 0.6) is 0 Å². The first kappa shape index (κ1) is 20.7. The number of nitrogens with one attached hydrogen (secondary N) is 4. The van der Waals surface area contributed by atoms with Crippen molar-refractivity contribution >= 4 is 51.8 Å². The van der Waals surface area contributed by atoms with Crippen molar-refractivity contribution in [3.05, 3.63) is 69.8 Å². The molecular weight excluding hydrogens is 415 g/mol. The third-order valence-electron chi connectivity index (χ3n) is 4.13. The highest BCUT2D eigenvalue weighted by molar-refractivity contribution is 6.36. The Morgan fingerprint density at radius 1 is 0.862 bits per heavy atom. The summed E-state index contributed by atoms with van der Waals surface area (Å²) >= 11 is 11.8. The number of H-pyrrole nitrogens is 1. The van der Waals surface area contributed by atoms with Crippen LogP contribution in [0.15, 0.2) is 48.5 Å². The predicted octanol–water partition coefficient (Wildman–Crippen LogP) is 2.64. The lowest BCUT2D eigenvalue weighted by Gasteiger charge is -2.08. The maximum atomic E-state index is 12.2. The summed E-state index contributed by atoms with van der Waals surface area (Å²) in [5.74, 6) is -1.88. The topological polar surface area (TPSA) is 103 Å². The number of carbonyl (C=O) groups is 3. The van der Waals surface area contributed by atoms with Crippen LogP contribution in [0.3, 0.4) is 0 Å². The molecule has 0 aliphatic rings. The molecule has 0 fully saturated rings. The van der Waals surface area contributed by atoms with Gasteiger partial charge in [-0.1, -0.05) is 47.5 Å². The Balaban J connectivity index is 1.39. The lowest BCUT2D eigenvalue weighted by molar-refractivity contribution is -0.139. The molecule has 0 bridgehead atoms. The number of carbonyl (C=O) groups excluding carboxylic acids is 3. The number of hydrogen-bond acceptors (Lipinski definition) is 3. The van der Waals surface area contributed by atoms with E-state index < -0.39 is 11.8 Å². The smallest absolute Gasteiger partial charge is 0.309 e. The van der Waals surface area contributed by atoms with Crippen molar-refractivity contribution in [2.24, 2.45) is 0 Å². The minimum atomic E-state index is -0.796. The maximum Gasteiger partial charge on any atom is 0.309 e. The highest BCUT2D eigenvalue weighted by Crippen LogP contribution is 2.20. The van der Waals surface area contributed by atoms with E-state index in [-0.39, 0.29) is 25.5 Å². The van der Waals surface area contributed by atoms with E-state index in [1.54, 1.807) is 24.3 Å². The van der Waals surface area contributed by atoms with E-state index in [4.69, 9.17) is 23.2 Å². The van der Waals surface area contributed by atoms with Gasteiger partial charge >= 0.3 is 11.8 Å². The van der Waals surface area contributed by atoms with E-state index in [0.717, 1.165) is 10.9 Å². The molecule has 0 saturated carbocycles. The van der Waals surface area contributed by atoms with E-state index in [9.17, 15) is 14.4 Å². The largest absolute Gasteiger partial charge is 0.351 e. The molecule has 0 unspecified atom stereocenters. The first-order valence-electron chi connectivity index (χ1n) is 8.80. The molecular formula is C20H18Cl2N4O3. The summed E-state index contributed by atoms with van der Waals surface area (Å²) in [4.78, 5) is 38.9. The summed E-state index contributed by atoms with van der Waals surface area (Å²) < 4.78 is 0. The summed E-state index contributed by atoms with van der Waals surface area (Å²) in [7, 11) is 0. The van der Waals surface area contributed by atoms with Crippen LogP contribution in [-0.2, 0) is 16.1 Å². The summed E-state index contributed by atoms with van der Waals surface area (Å²) in [5.41, 5.74) is 1.93. The second-order valence-electron chi connectivity index (χ2n) is 6.20. The highest BCUT2D eigenvalue weighted by Gasteiger charge is 2.14. The van der Waals surface area contributed by atoms with Crippen molar-refractivity contribution in [2.75, 3.05) is 13.1 Å². The van der Waals surface area contributed by atoms with Gasteiger partial charge in [0.25, 0.3) is 5.91 Å². The van der Waals surface area contributed by atoms with Crippen molar-refractivity contribution in [3.8, 4) is 0 Å². The number of halogens is 2. The van der Waals surface area contributed by atoms with Crippen LogP contribution in [-0.4, -0.2) is 35.8 Å². The monoisotopic (exact) mass is 432 g/mol. The second-order valence-corrected chi connectivity index (χ2v) is 7.04. The third-order valence-corrected chi connectivity index (χ3v) is 4.72. The Kier molecular flexibility index (Phi) is 6.74. The predicted molar refractivity (Wildman–Crippen MR) is 112 cm³/mol. The highest BCUT2D eigenvalue weighted by atomic mass is 35.5. The zero-order chi connectivity index (χ0) is 20.8. The molecule has 150 valence electrons. The van der Waals surface area contributed by atoms with E-state index >= 15 is 0 Å². The molecule has 0 aliphatic heterocycles. The summed E-state index contributed by atoms with van der Waals surface area (Å²) in [6, 6.07) is 14.2. The number of fused-ring (bicyclic) bond motifs is 1. The van der Waals surface area contributed by atoms with Crippen LogP contribution in [0, 0.1) is 0 Å². The average molecular weight is 433 g/mol. The van der Waals surface area contributed by atoms with Crippen LogP contribution < -0.4 is 16.0 Å². The molecule has 0 spiro atoms. The molecule has 0 atom stereocenters. The van der Waals surface area contributed by atoms with Gasteiger partial charge in [-0.25, -0.2) is 0 Å². The number of aromatic amines is 1. The van der Waals surface area contributed by atoms with Crippen LogP contribution in [0.4, 0.5) is 0 Å². The van der Waals surface area contributed by atoms with E-state index in [1.807, 2.05) is 24.3 Å². The Morgan fingerprint density at radius 3 is 2.34 bits per heavy atom. The normalized spacial score (nSPS) is 10.6. The first-order valence-corrected chi connectivity index (χ1v) is 9.55. The molecule has 3 aromatic rings. The SMILES string of the molecule is O=C(NCCNC(=O)c1cc2ccccc2[nH]1)C(=O)NCc1ccc(Cl)cc1Cl. The van der Waals surface area contributed by atoms with E-state index in [0.29, 0.717) is 21.3 Å². The van der Waals surface area contributed by atoms with Crippen LogP contribution in [0.2, 0.25) is 10.0 Å². The summed E-state index contributed by atoms with van der Waals surface area (Å²) in [6.45, 7) is 0.384. The molecule has 0 saturated heterocycles. The number of para-hydroxylation sites is 1. The fourth-order valence-electron chi connectivity index (χ4n) is 2.64. The lowest BCUT2D eigenvalue weighted by Crippen LogP contribution is -2.42. The number of rotatable bonds is 6. The van der Waals surface area contributed by atoms with Crippen LogP contribution in [0.25, 0.3) is 10.9 Å². The number of hydrogen-bond donors (Lipinski definition) is 4. The Morgan fingerprint density at radius 2 is 1.59 bits per heavy atom. The number of benzene rings is 2. The van der Waals surface area contributed by atoms with Crippen molar-refractivity contribution in [1.29, 1.82) is 0 Å². The number of amides is 3. The Bertz CT molecular complexity index is 1030. The Hall–Kier alpha value is -3.03. The van der Waals surface area contributed by atoms with Crippen molar-refractivity contribution in [3.63, 3.8) is 0 Å². The molecule has 3 amide bonds. The van der Waals surface area contributed by atoms with Crippen molar-refractivity contribution < 1.29 is 14.4 Å². The molecule has 9 heteroatoms. The fourth-order valence-corrected chi connectivity index (χ4v) is 3.12. The summed E-state index contributed by atoms with van der Waals surface area (Å²) in [6.07, 6.45) is 0. The molecule has 4 N–H and O–H groups in total. The third kappa shape index (κ3) is 5.49. The molecule has 0 radical (unpaired) electrons. The fraction of sp³-hybridized carbons (Fsp3) is 0.150. The van der Waals surface area contributed by atoms with Crippen LogP contribution in [0.1, 0.15) is 16.1 Å². The number of aromatic nitrogens is 1. The zero-order valence-corrected chi connectivity index (χ0v) is 16.7. The molecule has 1 aromatic heterocycles. The van der Waals surface area contributed by atoms with Gasteiger partial charge in [0.2, 0.25) is 0 Å². The molecule has 7 nitrogen and oxygen atoms in total.